The van der Waals surface area contributed by atoms with E-state index in [1.165, 1.54) is 0 Å². The summed E-state index contributed by atoms with van der Waals surface area (Å²) in [7, 11) is 0. The zero-order chi connectivity index (χ0) is 35.8. The minimum absolute atomic E-state index is 0.0199. The summed E-state index contributed by atoms with van der Waals surface area (Å²) < 4.78 is 10.3. The molecular formula is C36H40N2O10. The summed E-state index contributed by atoms with van der Waals surface area (Å²) in [5.74, 6) is -4.52. The second-order valence-corrected chi connectivity index (χ2v) is 12.1. The van der Waals surface area contributed by atoms with Crippen LogP contribution in [0.3, 0.4) is 0 Å². The number of aromatic hydroxyl groups is 4. The van der Waals surface area contributed by atoms with Gasteiger partial charge in [0.2, 0.25) is 11.6 Å². The van der Waals surface area contributed by atoms with Gasteiger partial charge in [0.1, 0.15) is 24.0 Å². The third-order valence-corrected chi connectivity index (χ3v) is 8.16. The summed E-state index contributed by atoms with van der Waals surface area (Å²) >= 11 is 0. The van der Waals surface area contributed by atoms with Gasteiger partial charge < -0.3 is 40.5 Å². The van der Waals surface area contributed by atoms with Crippen molar-refractivity contribution in [2.24, 2.45) is 5.92 Å². The Labute approximate surface area is 276 Å². The average molecular weight is 661 g/mol. The minimum Gasteiger partial charge on any atom is -0.507 e. The van der Waals surface area contributed by atoms with Crippen molar-refractivity contribution in [3.63, 3.8) is 0 Å². The molecule has 1 aliphatic rings. The molecule has 3 aromatic carbocycles. The van der Waals surface area contributed by atoms with E-state index in [2.05, 4.69) is 10.6 Å². The molecule has 6 N–H and O–H groups in total. The molecule has 0 atom stereocenters. The van der Waals surface area contributed by atoms with Gasteiger partial charge in [-0.25, -0.2) is 9.59 Å². The fourth-order valence-electron chi connectivity index (χ4n) is 6.16. The Morgan fingerprint density at radius 3 is 1.83 bits per heavy atom. The Kier molecular flexibility index (Phi) is 10.1. The van der Waals surface area contributed by atoms with E-state index in [-0.39, 0.29) is 62.0 Å². The van der Waals surface area contributed by atoms with E-state index in [1.54, 1.807) is 67.5 Å². The summed E-state index contributed by atoms with van der Waals surface area (Å²) in [6.45, 7) is 14.2. The maximum absolute atomic E-state index is 13.4. The van der Waals surface area contributed by atoms with Crippen LogP contribution in [0.2, 0.25) is 0 Å². The van der Waals surface area contributed by atoms with Crippen molar-refractivity contribution in [1.29, 1.82) is 0 Å². The van der Waals surface area contributed by atoms with Gasteiger partial charge in [-0.05, 0) is 61.3 Å². The fourth-order valence-corrected chi connectivity index (χ4v) is 6.16. The molecule has 0 heterocycles. The lowest BCUT2D eigenvalue weighted by atomic mass is 9.81. The van der Waals surface area contributed by atoms with E-state index in [9.17, 15) is 39.6 Å². The number of fused-ring (bicyclic) bond motifs is 2. The molecule has 12 nitrogen and oxygen atoms in total. The SMILES string of the molecule is CCNC(=O)O/C=C1\C(=O)C(=O)C(C(C)C)=c2cc(C)c(=c3c(C)cc4c(C(C)C)c(O)c(O)/c(=C\OC(=O)NCC)c4c3O)c(O)c21. The predicted octanol–water partition coefficient (Wildman–Crippen LogP) is 4.22. The zero-order valence-corrected chi connectivity index (χ0v) is 28.1. The van der Waals surface area contributed by atoms with Crippen molar-refractivity contribution in [2.75, 3.05) is 13.1 Å². The molecule has 3 aromatic rings. The molecule has 0 radical (unpaired) electrons. The molecule has 1 aliphatic carbocycles. The van der Waals surface area contributed by atoms with Crippen LogP contribution in [0.5, 0.6) is 23.0 Å². The Hall–Kier alpha value is -5.52. The largest absolute Gasteiger partial charge is 0.507 e. The van der Waals surface area contributed by atoms with Gasteiger partial charge in [-0.1, -0.05) is 39.8 Å². The monoisotopic (exact) mass is 660 g/mol. The molecule has 0 spiro atoms. The number of hydrogen-bond acceptors (Lipinski definition) is 10. The normalized spacial score (nSPS) is 15.0. The molecule has 0 saturated carbocycles. The maximum Gasteiger partial charge on any atom is 0.412 e. The van der Waals surface area contributed by atoms with E-state index in [0.29, 0.717) is 22.1 Å². The van der Waals surface area contributed by atoms with Gasteiger partial charge in [-0.2, -0.15) is 0 Å². The van der Waals surface area contributed by atoms with Crippen molar-refractivity contribution in [3.8, 4) is 23.0 Å². The summed E-state index contributed by atoms with van der Waals surface area (Å²) in [5.41, 5.74) is 0.935. The molecule has 0 aliphatic heterocycles. The third kappa shape index (κ3) is 6.01. The molecule has 0 unspecified atom stereocenters. The number of nitrogens with one attached hydrogen (secondary N) is 2. The average Bonchev–Trinajstić information content (AvgIpc) is 2.99. The number of benzene rings is 3. The van der Waals surface area contributed by atoms with Crippen LogP contribution in [0, 0.1) is 30.2 Å². The quantitative estimate of drug-likeness (QED) is 0.0966. The maximum atomic E-state index is 13.4. The molecule has 0 aromatic heterocycles. The first-order chi connectivity index (χ1) is 22.6. The molecule has 12 heteroatoms. The third-order valence-electron chi connectivity index (χ3n) is 8.16. The van der Waals surface area contributed by atoms with E-state index < -0.39 is 52.7 Å². The van der Waals surface area contributed by atoms with Gasteiger partial charge in [0.15, 0.2) is 11.5 Å². The van der Waals surface area contributed by atoms with Crippen molar-refractivity contribution >= 4 is 51.9 Å². The highest BCUT2D eigenvalue weighted by Gasteiger charge is 2.35. The molecule has 0 bridgehead atoms. The highest BCUT2D eigenvalue weighted by atomic mass is 16.5. The van der Waals surface area contributed by atoms with E-state index in [0.717, 1.165) is 12.5 Å². The highest BCUT2D eigenvalue weighted by Crippen LogP contribution is 2.42. The first-order valence-corrected chi connectivity index (χ1v) is 15.6. The number of phenols is 4. The molecule has 2 amide bonds. The lowest BCUT2D eigenvalue weighted by Gasteiger charge is -2.22. The first kappa shape index (κ1) is 35.3. The number of hydrogen-bond donors (Lipinski definition) is 6. The topological polar surface area (TPSA) is 192 Å². The van der Waals surface area contributed by atoms with Crippen LogP contribution in [0.25, 0.3) is 28.2 Å². The van der Waals surface area contributed by atoms with Crippen molar-refractivity contribution in [1.82, 2.24) is 10.6 Å². The predicted molar refractivity (Wildman–Crippen MR) is 179 cm³/mol. The lowest BCUT2D eigenvalue weighted by Crippen LogP contribution is -2.34. The van der Waals surface area contributed by atoms with Crippen LogP contribution in [-0.4, -0.2) is 57.3 Å². The van der Waals surface area contributed by atoms with E-state index in [4.69, 9.17) is 9.47 Å². The van der Waals surface area contributed by atoms with Gasteiger partial charge >= 0.3 is 12.2 Å². The summed E-state index contributed by atoms with van der Waals surface area (Å²) in [6.07, 6.45) is 0.0358. The van der Waals surface area contributed by atoms with Crippen LogP contribution >= 0.6 is 0 Å². The van der Waals surface area contributed by atoms with Gasteiger partial charge in [-0.15, -0.1) is 0 Å². The molecule has 254 valence electrons. The smallest absolute Gasteiger partial charge is 0.412 e. The second kappa shape index (κ2) is 13.7. The van der Waals surface area contributed by atoms with E-state index in [1.807, 2.05) is 0 Å². The number of carbonyl (C=O) groups is 4. The van der Waals surface area contributed by atoms with Gasteiger partial charge in [0.05, 0.1) is 10.8 Å². The van der Waals surface area contributed by atoms with Gasteiger partial charge in [0.25, 0.3) is 0 Å². The van der Waals surface area contributed by atoms with Crippen molar-refractivity contribution < 1.29 is 49.1 Å². The van der Waals surface area contributed by atoms with Crippen LogP contribution in [0.15, 0.2) is 18.4 Å². The number of ketones is 2. The van der Waals surface area contributed by atoms with E-state index >= 15 is 0 Å². The zero-order valence-electron chi connectivity index (χ0n) is 28.1. The Morgan fingerprint density at radius 2 is 1.29 bits per heavy atom. The number of Topliss-reactive ketones (excluding diaryl/α,β-unsaturated/α-hetero) is 2. The van der Waals surface area contributed by atoms with Crippen molar-refractivity contribution in [2.45, 2.75) is 61.3 Å². The standard InChI is InChI=1S/C36H40N2O10/c1-9-37-35(45)47-13-21-27-19(23(15(3)4)33(43)29(21)39)11-17(7)25(31(27)41)26-18(8)12-20-24(16(5)6)34(44)30(40)22(28(20)32(26)42)14-48-36(46)38-10-2/h11-16,39,41-43H,9-10H2,1-8H3,(H,37,45)(H,38,46)/b21-13-,22-14-,26-25?. The molecular weight excluding hydrogens is 620 g/mol. The number of amides is 2. The number of rotatable bonds is 6. The number of aryl methyl sites for hydroxylation is 2. The number of carbonyl (C=O) groups excluding carboxylic acids is 4. The molecule has 4 rings (SSSR count). The summed E-state index contributed by atoms with van der Waals surface area (Å²) in [4.78, 5) is 51.0. The fraction of sp³-hybridized carbons (Fsp3) is 0.333. The molecule has 48 heavy (non-hydrogen) atoms. The lowest BCUT2D eigenvalue weighted by molar-refractivity contribution is -0.130. The van der Waals surface area contributed by atoms with Crippen LogP contribution in [-0.2, 0) is 19.1 Å². The minimum atomic E-state index is -0.985. The summed E-state index contributed by atoms with van der Waals surface area (Å²) in [5, 5.41) is 51.7. The Morgan fingerprint density at radius 1 is 0.750 bits per heavy atom. The van der Waals surface area contributed by atoms with Crippen LogP contribution in [0.1, 0.15) is 69.7 Å². The number of allylic oxidation sites excluding steroid dienone is 1. The number of alkyl carbamates (subject to hydrolysis) is 2. The van der Waals surface area contributed by atoms with Gasteiger partial charge in [0, 0.05) is 45.6 Å². The highest BCUT2D eigenvalue weighted by molar-refractivity contribution is 6.65. The van der Waals surface area contributed by atoms with Crippen LogP contribution in [0.4, 0.5) is 9.59 Å². The number of ether oxygens (including phenoxy) is 2. The first-order valence-electron chi connectivity index (χ1n) is 15.6. The second-order valence-electron chi connectivity index (χ2n) is 12.1. The Bertz CT molecular complexity index is 2150. The van der Waals surface area contributed by atoms with Gasteiger partial charge in [-0.3, -0.25) is 9.59 Å². The molecule has 0 saturated heterocycles. The Balaban J connectivity index is 2.32. The van der Waals surface area contributed by atoms with Crippen molar-refractivity contribution in [3.05, 3.63) is 61.5 Å². The van der Waals surface area contributed by atoms with Crippen LogP contribution < -0.4 is 21.1 Å². The number of phenolic OH excluding ortho intramolecular Hbond substituents is 4. The molecule has 0 fully saturated rings. The summed E-state index contributed by atoms with van der Waals surface area (Å²) in [6, 6.07) is 3.28.